The highest BCUT2D eigenvalue weighted by atomic mass is 35.5. The maximum absolute atomic E-state index is 13.3. The van der Waals surface area contributed by atoms with E-state index in [9.17, 15) is 18.5 Å². The Bertz CT molecular complexity index is 1440. The minimum Gasteiger partial charge on any atom is -0.350 e. The Hall–Kier alpha value is -2.97. The number of hydrogen-bond acceptors (Lipinski definition) is 9. The molecular formula is C25H30ClN7O3S. The molecule has 5 heterocycles. The molecule has 5 rings (SSSR count). The van der Waals surface area contributed by atoms with Gasteiger partial charge in [0.25, 0.3) is 0 Å². The van der Waals surface area contributed by atoms with Crippen LogP contribution in [-0.2, 0) is 20.0 Å². The number of rotatable bonds is 3. The van der Waals surface area contributed by atoms with E-state index in [1.165, 1.54) is 12.5 Å². The van der Waals surface area contributed by atoms with Crippen LogP contribution in [0.4, 0.5) is 17.5 Å². The molecule has 0 unspecified atom stereocenters. The summed E-state index contributed by atoms with van der Waals surface area (Å²) >= 11 is 6.11. The zero-order valence-electron chi connectivity index (χ0n) is 21.6. The third kappa shape index (κ3) is 3.84. The van der Waals surface area contributed by atoms with Crippen LogP contribution < -0.4 is 9.80 Å². The third-order valence-corrected chi connectivity index (χ3v) is 10.8. The fraction of sp³-hybridized carbons (Fsp3) is 0.560. The number of pyridine rings is 1. The number of fused-ring (bicyclic) bond motifs is 1. The van der Waals surface area contributed by atoms with Crippen LogP contribution in [0.2, 0.25) is 5.02 Å². The molecule has 3 atom stereocenters. The molecule has 0 aromatic carbocycles. The fourth-order valence-electron chi connectivity index (χ4n) is 5.62. The summed E-state index contributed by atoms with van der Waals surface area (Å²) < 4.78 is 23.5. The Morgan fingerprint density at radius 3 is 2.46 bits per heavy atom. The zero-order chi connectivity index (χ0) is 26.9. The molecule has 0 spiro atoms. The van der Waals surface area contributed by atoms with E-state index in [1.807, 2.05) is 18.7 Å². The Kier molecular flexibility index (Phi) is 5.92. The lowest BCUT2D eigenvalue weighted by molar-refractivity contribution is -0.137. The predicted octanol–water partition coefficient (Wildman–Crippen LogP) is 2.83. The van der Waals surface area contributed by atoms with Gasteiger partial charge in [0.1, 0.15) is 34.6 Å². The van der Waals surface area contributed by atoms with E-state index in [-0.39, 0.29) is 29.2 Å². The topological polar surface area (TPSA) is 123 Å². The van der Waals surface area contributed by atoms with Gasteiger partial charge in [0.15, 0.2) is 9.84 Å². The largest absolute Gasteiger partial charge is 0.350 e. The summed E-state index contributed by atoms with van der Waals surface area (Å²) in [4.78, 5) is 33.0. The van der Waals surface area contributed by atoms with E-state index >= 15 is 0 Å². The Balaban J connectivity index is 1.48. The Labute approximate surface area is 222 Å². The molecule has 2 aromatic rings. The lowest BCUT2D eigenvalue weighted by atomic mass is 9.87. The van der Waals surface area contributed by atoms with Crippen LogP contribution in [0.3, 0.4) is 0 Å². The van der Waals surface area contributed by atoms with Crippen molar-refractivity contribution in [3.63, 3.8) is 0 Å². The molecule has 0 bridgehead atoms. The first-order chi connectivity index (χ1) is 17.3. The van der Waals surface area contributed by atoms with E-state index in [4.69, 9.17) is 16.6 Å². The molecule has 10 nitrogen and oxygen atoms in total. The third-order valence-electron chi connectivity index (χ3n) is 8.04. The Morgan fingerprint density at radius 1 is 1.14 bits per heavy atom. The van der Waals surface area contributed by atoms with Crippen LogP contribution in [0.15, 0.2) is 18.6 Å². The number of amides is 1. The smallest absolute Gasteiger partial charge is 0.244 e. The summed E-state index contributed by atoms with van der Waals surface area (Å²) in [7, 11) is -3.41. The van der Waals surface area contributed by atoms with Crippen LogP contribution in [-0.4, -0.2) is 76.4 Å². The number of carbonyl (C=O) groups is 1. The summed E-state index contributed by atoms with van der Waals surface area (Å²) in [6.07, 6.45) is 3.37. The van der Waals surface area contributed by atoms with Crippen LogP contribution in [0, 0.1) is 11.3 Å². The molecule has 3 aliphatic rings. The standard InChI is InChI=1S/C25H30ClN7O3S/c1-15-12-32(23(34)25(5)6-7-37(25,35)36)16(2)11-31(15)21-20-22(30-14-29-21)33(13-24(20,3)4)19-8-17(9-27)18(26)10-28-19/h8,10,14-16H,6-7,11-13H2,1-5H3/t15-,16+,25+/m0/s1. The lowest BCUT2D eigenvalue weighted by Crippen LogP contribution is -2.66. The number of hydrogen-bond donors (Lipinski definition) is 0. The normalized spacial score (nSPS) is 27.9. The maximum Gasteiger partial charge on any atom is 0.244 e. The molecule has 0 saturated carbocycles. The summed E-state index contributed by atoms with van der Waals surface area (Å²) in [6.45, 7) is 11.3. The highest BCUT2D eigenvalue weighted by Crippen LogP contribution is 2.47. The van der Waals surface area contributed by atoms with Gasteiger partial charge < -0.3 is 14.7 Å². The van der Waals surface area contributed by atoms with Crippen molar-refractivity contribution in [1.29, 1.82) is 5.26 Å². The van der Waals surface area contributed by atoms with Gasteiger partial charge in [-0.1, -0.05) is 25.4 Å². The minimum atomic E-state index is -3.41. The monoisotopic (exact) mass is 543 g/mol. The van der Waals surface area contributed by atoms with E-state index in [0.29, 0.717) is 42.5 Å². The number of carbonyl (C=O) groups excluding carboxylic acids is 1. The Morgan fingerprint density at radius 2 is 1.84 bits per heavy atom. The van der Waals surface area contributed by atoms with Gasteiger partial charge in [-0.05, 0) is 27.2 Å². The van der Waals surface area contributed by atoms with E-state index in [1.54, 1.807) is 17.9 Å². The first-order valence-electron chi connectivity index (χ1n) is 12.3. The van der Waals surface area contributed by atoms with Gasteiger partial charge in [0.2, 0.25) is 5.91 Å². The number of sulfone groups is 1. The van der Waals surface area contributed by atoms with Crippen molar-refractivity contribution in [3.05, 3.63) is 34.7 Å². The van der Waals surface area contributed by atoms with Crippen LogP contribution in [0.1, 0.15) is 52.2 Å². The average Bonchev–Trinajstić information content (AvgIpc) is 3.14. The SMILES string of the molecule is C[C@@H]1CN(c2ncnc3c2C(C)(C)CN3c2cc(C#N)c(Cl)cn2)[C@@H](C)CN1C(=O)[C@@]1(C)CCS1(=O)=O. The van der Waals surface area contributed by atoms with Gasteiger partial charge in [0.05, 0.1) is 16.3 Å². The summed E-state index contributed by atoms with van der Waals surface area (Å²) in [5.74, 6) is 1.86. The maximum atomic E-state index is 13.3. The molecule has 196 valence electrons. The number of anilines is 3. The summed E-state index contributed by atoms with van der Waals surface area (Å²) in [6, 6.07) is 3.49. The van der Waals surface area contributed by atoms with E-state index < -0.39 is 14.6 Å². The number of piperazine rings is 1. The summed E-state index contributed by atoms with van der Waals surface area (Å²) in [5.41, 5.74) is 0.985. The second-order valence-electron chi connectivity index (χ2n) is 11.1. The molecule has 2 fully saturated rings. The molecular weight excluding hydrogens is 514 g/mol. The number of nitriles is 1. The first-order valence-corrected chi connectivity index (χ1v) is 14.3. The van der Waals surface area contributed by atoms with Crippen molar-refractivity contribution in [2.75, 3.05) is 35.2 Å². The first kappa shape index (κ1) is 25.7. The van der Waals surface area contributed by atoms with Crippen molar-refractivity contribution in [3.8, 4) is 6.07 Å². The fourth-order valence-corrected chi connectivity index (χ4v) is 7.30. The molecule has 2 saturated heterocycles. The molecule has 3 aliphatic heterocycles. The van der Waals surface area contributed by atoms with Crippen LogP contribution in [0.25, 0.3) is 0 Å². The average molecular weight is 544 g/mol. The van der Waals surface area contributed by atoms with Gasteiger partial charge in [-0.15, -0.1) is 0 Å². The van der Waals surface area contributed by atoms with Gasteiger partial charge in [-0.3, -0.25) is 4.79 Å². The van der Waals surface area contributed by atoms with Gasteiger partial charge in [-0.2, -0.15) is 5.26 Å². The lowest BCUT2D eigenvalue weighted by Gasteiger charge is -2.49. The van der Waals surface area contributed by atoms with Crippen molar-refractivity contribution in [2.45, 2.75) is 63.3 Å². The number of halogens is 1. The van der Waals surface area contributed by atoms with Crippen molar-refractivity contribution < 1.29 is 13.2 Å². The van der Waals surface area contributed by atoms with Crippen LogP contribution >= 0.6 is 11.6 Å². The molecule has 37 heavy (non-hydrogen) atoms. The molecule has 2 aromatic heterocycles. The van der Waals surface area contributed by atoms with Crippen LogP contribution in [0.5, 0.6) is 0 Å². The second-order valence-corrected chi connectivity index (χ2v) is 14.1. The summed E-state index contributed by atoms with van der Waals surface area (Å²) in [5, 5.41) is 9.73. The number of aromatic nitrogens is 3. The van der Waals surface area contributed by atoms with Crippen molar-refractivity contribution in [2.24, 2.45) is 0 Å². The zero-order valence-corrected chi connectivity index (χ0v) is 23.1. The van der Waals surface area contributed by atoms with E-state index in [2.05, 4.69) is 34.8 Å². The second kappa shape index (κ2) is 8.53. The van der Waals surface area contributed by atoms with Crippen molar-refractivity contribution >= 4 is 44.8 Å². The molecule has 1 amide bonds. The quantitative estimate of drug-likeness (QED) is 0.574. The van der Waals surface area contributed by atoms with Crippen molar-refractivity contribution in [1.82, 2.24) is 19.9 Å². The molecule has 12 heteroatoms. The minimum absolute atomic E-state index is 0.0656. The highest BCUT2D eigenvalue weighted by Gasteiger charge is 2.57. The van der Waals surface area contributed by atoms with E-state index in [0.717, 1.165) is 17.2 Å². The molecule has 0 aliphatic carbocycles. The predicted molar refractivity (Wildman–Crippen MR) is 141 cm³/mol. The van der Waals surface area contributed by atoms with Gasteiger partial charge in [-0.25, -0.2) is 23.4 Å². The number of nitrogens with zero attached hydrogens (tertiary/aromatic N) is 7. The van der Waals surface area contributed by atoms with Gasteiger partial charge in [0, 0.05) is 55.0 Å². The van der Waals surface area contributed by atoms with Gasteiger partial charge >= 0.3 is 0 Å². The highest BCUT2D eigenvalue weighted by molar-refractivity contribution is 7.95. The molecule has 0 radical (unpaired) electrons. The molecule has 0 N–H and O–H groups in total.